The van der Waals surface area contributed by atoms with Crippen LogP contribution in [0.5, 0.6) is 0 Å². The molecule has 0 aliphatic carbocycles. The summed E-state index contributed by atoms with van der Waals surface area (Å²) in [7, 11) is 0. The van der Waals surface area contributed by atoms with E-state index in [4.69, 9.17) is 5.11 Å². The molecule has 0 rings (SSSR count). The zero-order valence-electron chi connectivity index (χ0n) is 13.7. The molecule has 0 spiro atoms. The van der Waals surface area contributed by atoms with E-state index in [2.05, 4.69) is 6.92 Å². The molecule has 0 aromatic carbocycles. The van der Waals surface area contributed by atoms with E-state index in [0.29, 0.717) is 6.42 Å². The van der Waals surface area contributed by atoms with Gasteiger partial charge in [-0.15, -0.1) is 0 Å². The summed E-state index contributed by atoms with van der Waals surface area (Å²) in [5, 5.41) is 8.52. The van der Waals surface area contributed by atoms with Crippen molar-refractivity contribution in [2.45, 2.75) is 110 Å². The van der Waals surface area contributed by atoms with Gasteiger partial charge in [0.25, 0.3) is 0 Å². The van der Waals surface area contributed by atoms with Crippen LogP contribution in [0.1, 0.15) is 110 Å². The summed E-state index contributed by atoms with van der Waals surface area (Å²) in [5.41, 5.74) is 0. The molecule has 0 saturated carbocycles. The predicted octanol–water partition coefficient (Wildman–Crippen LogP) is 5.68. The molecular weight excluding hydrogens is 255 g/mol. The molecule has 1 N–H and O–H groups in total. The molecule has 0 radical (unpaired) electrons. The fourth-order valence-corrected chi connectivity index (χ4v) is 2.65. The van der Waals surface area contributed by atoms with Gasteiger partial charge in [0.1, 0.15) is 0 Å². The first-order valence-electron chi connectivity index (χ1n) is 8.99. The van der Waals surface area contributed by atoms with Crippen molar-refractivity contribution >= 4 is 24.8 Å². The molecule has 122 valence electrons. The summed E-state index contributed by atoms with van der Waals surface area (Å²) in [6.45, 7) is 2.27. The molecule has 0 amide bonds. The fraction of sp³-hybridized carbons (Fsp3) is 0.944. The predicted molar refractivity (Wildman–Crippen MR) is 94.3 cm³/mol. The Morgan fingerprint density at radius 2 is 0.905 bits per heavy atom. The third-order valence-corrected chi connectivity index (χ3v) is 3.99. The van der Waals surface area contributed by atoms with E-state index in [-0.39, 0.29) is 18.9 Å². The molecule has 0 heterocycles. The van der Waals surface area contributed by atoms with Crippen molar-refractivity contribution in [3.8, 4) is 0 Å². The van der Waals surface area contributed by atoms with Crippen molar-refractivity contribution in [2.24, 2.45) is 0 Å². The Morgan fingerprint density at radius 1 is 0.619 bits per heavy atom. The Morgan fingerprint density at radius 3 is 1.19 bits per heavy atom. The Kier molecular flexibility index (Phi) is 22.3. The van der Waals surface area contributed by atoms with Crippen LogP contribution in [0, 0.1) is 0 Å². The van der Waals surface area contributed by atoms with Gasteiger partial charge in [-0.05, 0) is 6.42 Å². The molecule has 0 aromatic rings. The first kappa shape index (κ1) is 23.3. The van der Waals surface area contributed by atoms with Crippen molar-refractivity contribution in [3.05, 3.63) is 0 Å². The van der Waals surface area contributed by atoms with Crippen LogP contribution in [0.3, 0.4) is 0 Å². The van der Waals surface area contributed by atoms with Crippen LogP contribution >= 0.6 is 0 Å². The van der Waals surface area contributed by atoms with Crippen LogP contribution in [0.4, 0.5) is 0 Å². The van der Waals surface area contributed by atoms with Crippen molar-refractivity contribution in [3.63, 3.8) is 0 Å². The average molecular weight is 292 g/mol. The molecule has 0 aliphatic rings. The molecule has 0 atom stereocenters. The minimum atomic E-state index is -0.653. The minimum absolute atomic E-state index is 0. The van der Waals surface area contributed by atoms with Crippen LogP contribution in [0.15, 0.2) is 0 Å². The molecule has 0 fully saturated rings. The molecule has 0 saturated heterocycles. The summed E-state index contributed by atoms with van der Waals surface area (Å²) in [4.78, 5) is 10.3. The maximum atomic E-state index is 10.3. The fourth-order valence-electron chi connectivity index (χ4n) is 2.65. The monoisotopic (exact) mass is 292 g/mol. The third-order valence-electron chi connectivity index (χ3n) is 3.99. The van der Waals surface area contributed by atoms with Crippen LogP contribution in [0.25, 0.3) is 0 Å². The first-order valence-corrected chi connectivity index (χ1v) is 8.99. The van der Waals surface area contributed by atoms with Crippen molar-refractivity contribution < 1.29 is 9.90 Å². The second-order valence-electron chi connectivity index (χ2n) is 6.09. The van der Waals surface area contributed by atoms with Gasteiger partial charge in [0.05, 0.1) is 0 Å². The van der Waals surface area contributed by atoms with Gasteiger partial charge in [0.2, 0.25) is 0 Å². The SMILES string of the molecule is CCCCCCCCCCCCCCCCCC(=O)O.[LiH]. The van der Waals surface area contributed by atoms with Crippen molar-refractivity contribution in [1.82, 2.24) is 0 Å². The van der Waals surface area contributed by atoms with Gasteiger partial charge in [-0.2, -0.15) is 0 Å². The van der Waals surface area contributed by atoms with Crippen LogP contribution in [-0.4, -0.2) is 29.9 Å². The molecule has 0 aliphatic heterocycles. The number of rotatable bonds is 16. The number of hydrogen-bond acceptors (Lipinski definition) is 1. The molecular formula is C18H37LiO2. The Balaban J connectivity index is 0. The zero-order valence-corrected chi connectivity index (χ0v) is 13.7. The van der Waals surface area contributed by atoms with Gasteiger partial charge in [0.15, 0.2) is 0 Å². The second-order valence-corrected chi connectivity index (χ2v) is 6.09. The third kappa shape index (κ3) is 22.5. The van der Waals surface area contributed by atoms with Gasteiger partial charge in [-0.25, -0.2) is 0 Å². The van der Waals surface area contributed by atoms with Crippen LogP contribution in [-0.2, 0) is 4.79 Å². The van der Waals surface area contributed by atoms with E-state index in [1.54, 1.807) is 0 Å². The summed E-state index contributed by atoms with van der Waals surface area (Å²) < 4.78 is 0. The Bertz CT molecular complexity index is 207. The van der Waals surface area contributed by atoms with E-state index in [1.165, 1.54) is 83.5 Å². The first-order chi connectivity index (χ1) is 9.77. The summed E-state index contributed by atoms with van der Waals surface area (Å²) in [6, 6.07) is 0. The average Bonchev–Trinajstić information content (AvgIpc) is 2.43. The number of unbranched alkanes of at least 4 members (excludes halogenated alkanes) is 14. The zero-order chi connectivity index (χ0) is 14.9. The summed E-state index contributed by atoms with van der Waals surface area (Å²) in [6.07, 6.45) is 20.2. The van der Waals surface area contributed by atoms with Crippen molar-refractivity contribution in [1.29, 1.82) is 0 Å². The Labute approximate surface area is 144 Å². The molecule has 3 heteroatoms. The molecule has 2 nitrogen and oxygen atoms in total. The van der Waals surface area contributed by atoms with Gasteiger partial charge in [-0.3, -0.25) is 4.79 Å². The maximum absolute atomic E-state index is 10.3. The number of aliphatic carboxylic acids is 1. The van der Waals surface area contributed by atoms with Crippen LogP contribution < -0.4 is 0 Å². The molecule has 0 bridgehead atoms. The molecule has 21 heavy (non-hydrogen) atoms. The van der Waals surface area contributed by atoms with E-state index in [9.17, 15) is 4.79 Å². The van der Waals surface area contributed by atoms with E-state index < -0.39 is 5.97 Å². The number of hydrogen-bond donors (Lipinski definition) is 1. The topological polar surface area (TPSA) is 37.3 Å². The van der Waals surface area contributed by atoms with Gasteiger partial charge < -0.3 is 5.11 Å². The normalized spacial score (nSPS) is 10.3. The van der Waals surface area contributed by atoms with Crippen LogP contribution in [0.2, 0.25) is 0 Å². The Hall–Kier alpha value is 0.0674. The van der Waals surface area contributed by atoms with Crippen molar-refractivity contribution in [2.75, 3.05) is 0 Å². The van der Waals surface area contributed by atoms with Gasteiger partial charge in [-0.1, -0.05) is 96.8 Å². The molecule has 0 unspecified atom stereocenters. The van der Waals surface area contributed by atoms with E-state index in [1.807, 2.05) is 0 Å². The number of carbonyl (C=O) groups is 1. The number of carboxylic acids is 1. The van der Waals surface area contributed by atoms with Gasteiger partial charge >= 0.3 is 24.8 Å². The van der Waals surface area contributed by atoms with E-state index in [0.717, 1.165) is 12.8 Å². The molecule has 0 aromatic heterocycles. The van der Waals surface area contributed by atoms with Gasteiger partial charge in [0, 0.05) is 6.42 Å². The number of carboxylic acid groups (broad SMARTS) is 1. The summed E-state index contributed by atoms with van der Waals surface area (Å²) >= 11 is 0. The summed E-state index contributed by atoms with van der Waals surface area (Å²) in [5.74, 6) is -0.653. The second kappa shape index (κ2) is 20.1. The van der Waals surface area contributed by atoms with E-state index >= 15 is 0 Å². The quantitative estimate of drug-likeness (QED) is 0.293. The standard InChI is InChI=1S/C18H36O2.Li.H/c1-2-3-4-5-6-7-8-9-10-11-12-13-14-15-16-17-18(19)20;;/h2-17H2,1H3,(H,19,20);;.